The fraction of sp³-hybridized carbons (Fsp3) is 1.00. The molecule has 4 atom stereocenters. The van der Waals surface area contributed by atoms with Crippen LogP contribution in [0.15, 0.2) is 0 Å². The van der Waals surface area contributed by atoms with Crippen LogP contribution in [0.3, 0.4) is 0 Å². The molecule has 0 bridgehead atoms. The van der Waals surface area contributed by atoms with Crippen LogP contribution in [0, 0.1) is 22.7 Å². The number of nitrogens with one attached hydrogen (secondary N) is 1. The number of ether oxygens (including phenoxy) is 2. The van der Waals surface area contributed by atoms with Gasteiger partial charge in [0.2, 0.25) is 0 Å². The molecule has 0 aromatic heterocycles. The van der Waals surface area contributed by atoms with Crippen LogP contribution < -0.4 is 5.32 Å². The van der Waals surface area contributed by atoms with Gasteiger partial charge >= 0.3 is 0 Å². The van der Waals surface area contributed by atoms with Crippen LogP contribution in [0.4, 0.5) is 0 Å². The molecular weight excluding hydrogens is 358 g/mol. The maximum atomic E-state index is 6.25. The Hall–Kier alpha value is -0.120. The first-order chi connectivity index (χ1) is 13.4. The van der Waals surface area contributed by atoms with E-state index in [-0.39, 0.29) is 12.5 Å². The number of hydrogen-bond acceptors (Lipinski definition) is 3. The van der Waals surface area contributed by atoms with Crippen molar-refractivity contribution in [2.24, 2.45) is 22.7 Å². The first kappa shape index (κ1) is 28.9. The van der Waals surface area contributed by atoms with E-state index in [1.54, 1.807) is 0 Å². The van der Waals surface area contributed by atoms with Gasteiger partial charge in [0.25, 0.3) is 0 Å². The topological polar surface area (TPSA) is 30.5 Å². The Bertz CT molecular complexity index is 347. The Kier molecular flexibility index (Phi) is 14.7. The van der Waals surface area contributed by atoms with Crippen LogP contribution in [0.2, 0.25) is 0 Å². The molecule has 29 heavy (non-hydrogen) atoms. The lowest BCUT2D eigenvalue weighted by Gasteiger charge is -2.28. The summed E-state index contributed by atoms with van der Waals surface area (Å²) in [6.45, 7) is 24.7. The van der Waals surface area contributed by atoms with Crippen LogP contribution >= 0.6 is 0 Å². The molecule has 0 saturated heterocycles. The molecule has 0 aliphatic heterocycles. The summed E-state index contributed by atoms with van der Waals surface area (Å²) in [5.74, 6) is 1.40. The fourth-order valence-electron chi connectivity index (χ4n) is 4.28. The van der Waals surface area contributed by atoms with Crippen LogP contribution in [0.25, 0.3) is 0 Å². The molecule has 0 fully saturated rings. The van der Waals surface area contributed by atoms with E-state index in [0.29, 0.717) is 22.7 Å². The van der Waals surface area contributed by atoms with Crippen molar-refractivity contribution in [2.75, 3.05) is 13.2 Å². The molecule has 0 aromatic rings. The smallest absolute Gasteiger partial charge is 0.110 e. The van der Waals surface area contributed by atoms with Gasteiger partial charge in [0.05, 0.1) is 0 Å². The average Bonchev–Trinajstić information content (AvgIpc) is 2.51. The fourth-order valence-corrected chi connectivity index (χ4v) is 4.28. The van der Waals surface area contributed by atoms with E-state index in [1.165, 1.54) is 12.8 Å². The number of hydrogen-bond donors (Lipinski definition) is 1. The molecule has 0 aliphatic carbocycles. The molecule has 176 valence electrons. The maximum absolute atomic E-state index is 6.25. The van der Waals surface area contributed by atoms with Gasteiger partial charge < -0.3 is 9.47 Å². The standard InChI is InChI=1S/C26H55NO2/c1-11-13-23(28-17-15-21(3)19-25(5,6)7)27-24(14-12-2)29-18-16-22(4)20-26(8,9)10/h21-24,27H,11-20H2,1-10H3. The van der Waals surface area contributed by atoms with Gasteiger partial charge in [-0.15, -0.1) is 0 Å². The summed E-state index contributed by atoms with van der Waals surface area (Å²) in [4.78, 5) is 0. The minimum Gasteiger partial charge on any atom is -0.363 e. The lowest BCUT2D eigenvalue weighted by molar-refractivity contribution is -0.0567. The third kappa shape index (κ3) is 18.4. The van der Waals surface area contributed by atoms with Gasteiger partial charge in [-0.05, 0) is 61.2 Å². The van der Waals surface area contributed by atoms with E-state index in [4.69, 9.17) is 9.47 Å². The van der Waals surface area contributed by atoms with Crippen molar-refractivity contribution in [3.8, 4) is 0 Å². The summed E-state index contributed by atoms with van der Waals surface area (Å²) in [5, 5.41) is 3.66. The van der Waals surface area contributed by atoms with Crippen molar-refractivity contribution in [2.45, 2.75) is 133 Å². The monoisotopic (exact) mass is 413 g/mol. The molecule has 3 nitrogen and oxygen atoms in total. The van der Waals surface area contributed by atoms with Crippen molar-refractivity contribution >= 4 is 0 Å². The second-order valence-corrected chi connectivity index (χ2v) is 11.8. The molecule has 4 unspecified atom stereocenters. The summed E-state index contributed by atoms with van der Waals surface area (Å²) in [6, 6.07) is 0. The predicted molar refractivity (Wildman–Crippen MR) is 128 cm³/mol. The van der Waals surface area contributed by atoms with Gasteiger partial charge in [-0.2, -0.15) is 0 Å². The quantitative estimate of drug-likeness (QED) is 0.262. The lowest BCUT2D eigenvalue weighted by atomic mass is 9.84. The summed E-state index contributed by atoms with van der Waals surface area (Å²) >= 11 is 0. The zero-order valence-corrected chi connectivity index (χ0v) is 21.7. The highest BCUT2D eigenvalue weighted by Crippen LogP contribution is 2.27. The van der Waals surface area contributed by atoms with Crippen molar-refractivity contribution in [3.63, 3.8) is 0 Å². The van der Waals surface area contributed by atoms with Gasteiger partial charge in [-0.3, -0.25) is 5.32 Å². The Morgan fingerprint density at radius 1 is 0.621 bits per heavy atom. The second kappa shape index (κ2) is 14.8. The normalized spacial score (nSPS) is 17.2. The Balaban J connectivity index is 4.41. The third-order valence-electron chi connectivity index (χ3n) is 5.25. The molecule has 0 amide bonds. The lowest BCUT2D eigenvalue weighted by Crippen LogP contribution is -2.42. The average molecular weight is 414 g/mol. The van der Waals surface area contributed by atoms with Crippen molar-refractivity contribution in [1.29, 1.82) is 0 Å². The highest BCUT2D eigenvalue weighted by atomic mass is 16.5. The maximum Gasteiger partial charge on any atom is 0.110 e. The van der Waals surface area contributed by atoms with Gasteiger partial charge in [0, 0.05) is 13.2 Å². The molecule has 0 rings (SSSR count). The molecule has 0 radical (unpaired) electrons. The largest absolute Gasteiger partial charge is 0.363 e. The van der Waals surface area contributed by atoms with Gasteiger partial charge in [0.15, 0.2) is 0 Å². The van der Waals surface area contributed by atoms with Crippen LogP contribution in [0.5, 0.6) is 0 Å². The summed E-state index contributed by atoms with van der Waals surface area (Å²) < 4.78 is 12.5. The molecule has 1 N–H and O–H groups in total. The molecule has 0 saturated carbocycles. The highest BCUT2D eigenvalue weighted by Gasteiger charge is 2.19. The molecule has 0 aliphatic rings. The Morgan fingerprint density at radius 3 is 1.24 bits per heavy atom. The van der Waals surface area contributed by atoms with E-state index < -0.39 is 0 Å². The first-order valence-electron chi connectivity index (χ1n) is 12.4. The van der Waals surface area contributed by atoms with E-state index in [9.17, 15) is 0 Å². The summed E-state index contributed by atoms with van der Waals surface area (Å²) in [7, 11) is 0. The molecule has 0 heterocycles. The van der Waals surface area contributed by atoms with Crippen LogP contribution in [0.1, 0.15) is 121 Å². The van der Waals surface area contributed by atoms with Crippen molar-refractivity contribution < 1.29 is 9.47 Å². The van der Waals surface area contributed by atoms with Crippen molar-refractivity contribution in [1.82, 2.24) is 5.32 Å². The second-order valence-electron chi connectivity index (χ2n) is 11.8. The molecular formula is C26H55NO2. The van der Waals surface area contributed by atoms with Crippen LogP contribution in [-0.4, -0.2) is 25.7 Å². The minimum atomic E-state index is 0.102. The molecule has 3 heteroatoms. The van der Waals surface area contributed by atoms with Crippen LogP contribution in [-0.2, 0) is 9.47 Å². The Morgan fingerprint density at radius 2 is 0.966 bits per heavy atom. The van der Waals surface area contributed by atoms with Gasteiger partial charge in [0.1, 0.15) is 12.5 Å². The zero-order chi connectivity index (χ0) is 22.5. The predicted octanol–water partition coefficient (Wildman–Crippen LogP) is 7.79. The van der Waals surface area contributed by atoms with Gasteiger partial charge in [-0.1, -0.05) is 82.1 Å². The molecule has 0 aromatic carbocycles. The first-order valence-corrected chi connectivity index (χ1v) is 12.4. The van der Waals surface area contributed by atoms with E-state index >= 15 is 0 Å². The minimum absolute atomic E-state index is 0.102. The summed E-state index contributed by atoms with van der Waals surface area (Å²) in [6.07, 6.45) is 9.28. The third-order valence-corrected chi connectivity index (χ3v) is 5.25. The van der Waals surface area contributed by atoms with E-state index in [1.807, 2.05) is 0 Å². The number of rotatable bonds is 16. The summed E-state index contributed by atoms with van der Waals surface area (Å²) in [5.41, 5.74) is 0.787. The Labute approximate surface area is 184 Å². The van der Waals surface area contributed by atoms with E-state index in [0.717, 1.165) is 51.7 Å². The van der Waals surface area contributed by atoms with Crippen molar-refractivity contribution in [3.05, 3.63) is 0 Å². The SMILES string of the molecule is CCCC(NC(CCC)OCCC(C)CC(C)(C)C)OCCC(C)CC(C)(C)C. The molecule has 0 spiro atoms. The zero-order valence-electron chi connectivity index (χ0n) is 21.7. The van der Waals surface area contributed by atoms with E-state index in [2.05, 4.69) is 74.6 Å². The van der Waals surface area contributed by atoms with Gasteiger partial charge in [-0.25, -0.2) is 0 Å². The highest BCUT2D eigenvalue weighted by molar-refractivity contribution is 4.68.